The van der Waals surface area contributed by atoms with Crippen molar-refractivity contribution in [1.82, 2.24) is 4.98 Å². The van der Waals surface area contributed by atoms with Gasteiger partial charge in [-0.2, -0.15) is 0 Å². The number of H-pyrrole nitrogens is 1. The molecule has 1 aromatic heterocycles. The number of aromatic carboxylic acids is 1. The zero-order valence-electron chi connectivity index (χ0n) is 7.67. The van der Waals surface area contributed by atoms with E-state index in [4.69, 9.17) is 5.11 Å². The molecule has 0 radical (unpaired) electrons. The summed E-state index contributed by atoms with van der Waals surface area (Å²) in [4.78, 5) is 24.2. The zero-order chi connectivity index (χ0) is 10.1. The average molecular weight is 193 g/mol. The molecule has 0 saturated heterocycles. The summed E-state index contributed by atoms with van der Waals surface area (Å²) in [7, 11) is 0. The van der Waals surface area contributed by atoms with Gasteiger partial charge in [-0.25, -0.2) is 4.79 Å². The van der Waals surface area contributed by atoms with E-state index in [9.17, 15) is 9.59 Å². The number of fused-ring (bicyclic) bond motifs is 1. The van der Waals surface area contributed by atoms with Crippen molar-refractivity contribution < 1.29 is 14.7 Å². The van der Waals surface area contributed by atoms with Gasteiger partial charge in [0.05, 0.1) is 5.69 Å². The van der Waals surface area contributed by atoms with E-state index in [1.807, 2.05) is 0 Å². The normalized spacial score (nSPS) is 14.9. The first kappa shape index (κ1) is 8.99. The molecule has 0 amide bonds. The summed E-state index contributed by atoms with van der Waals surface area (Å²) in [6, 6.07) is 0. The fourth-order valence-electron chi connectivity index (χ4n) is 2.05. The molecular formula is C10H11NO3. The SMILES string of the molecule is O=Cc1[nH]c(C(=O)O)c2c1CCCC2. The van der Waals surface area contributed by atoms with E-state index in [1.165, 1.54) is 0 Å². The molecule has 74 valence electrons. The molecule has 0 aromatic carbocycles. The molecule has 2 N–H and O–H groups in total. The molecule has 1 heterocycles. The molecule has 0 bridgehead atoms. The Kier molecular flexibility index (Phi) is 2.11. The lowest BCUT2D eigenvalue weighted by molar-refractivity contribution is 0.0690. The van der Waals surface area contributed by atoms with Crippen LogP contribution >= 0.6 is 0 Å². The van der Waals surface area contributed by atoms with E-state index in [0.29, 0.717) is 12.0 Å². The van der Waals surface area contributed by atoms with Crippen molar-refractivity contribution in [3.8, 4) is 0 Å². The number of carboxylic acid groups (broad SMARTS) is 1. The average Bonchev–Trinajstić information content (AvgIpc) is 2.56. The van der Waals surface area contributed by atoms with Gasteiger partial charge in [0.2, 0.25) is 0 Å². The Bertz CT molecular complexity index is 392. The van der Waals surface area contributed by atoms with Crippen molar-refractivity contribution in [1.29, 1.82) is 0 Å². The maximum Gasteiger partial charge on any atom is 0.352 e. The van der Waals surface area contributed by atoms with Gasteiger partial charge in [-0.1, -0.05) is 0 Å². The molecule has 1 aliphatic rings. The van der Waals surface area contributed by atoms with Crippen molar-refractivity contribution >= 4 is 12.3 Å². The number of carbonyl (C=O) groups is 2. The Morgan fingerprint density at radius 2 is 1.93 bits per heavy atom. The fraction of sp³-hybridized carbons (Fsp3) is 0.400. The van der Waals surface area contributed by atoms with Gasteiger partial charge in [-0.05, 0) is 36.8 Å². The molecule has 0 fully saturated rings. The topological polar surface area (TPSA) is 70.2 Å². The van der Waals surface area contributed by atoms with Gasteiger partial charge in [0.1, 0.15) is 5.69 Å². The van der Waals surface area contributed by atoms with Crippen LogP contribution in [-0.2, 0) is 12.8 Å². The lowest BCUT2D eigenvalue weighted by atomic mass is 9.92. The third-order valence-corrected chi connectivity index (χ3v) is 2.69. The van der Waals surface area contributed by atoms with Gasteiger partial charge < -0.3 is 10.1 Å². The number of aromatic nitrogens is 1. The second kappa shape index (κ2) is 3.29. The van der Waals surface area contributed by atoms with Crippen LogP contribution in [0.3, 0.4) is 0 Å². The minimum atomic E-state index is -0.976. The highest BCUT2D eigenvalue weighted by atomic mass is 16.4. The van der Waals surface area contributed by atoms with Crippen LogP contribution in [0.2, 0.25) is 0 Å². The van der Waals surface area contributed by atoms with Crippen molar-refractivity contribution in [2.24, 2.45) is 0 Å². The quantitative estimate of drug-likeness (QED) is 0.697. The van der Waals surface area contributed by atoms with Gasteiger partial charge in [-0.15, -0.1) is 0 Å². The van der Waals surface area contributed by atoms with Gasteiger partial charge in [0, 0.05) is 0 Å². The first-order valence-corrected chi connectivity index (χ1v) is 4.66. The van der Waals surface area contributed by atoms with E-state index in [2.05, 4.69) is 4.98 Å². The van der Waals surface area contributed by atoms with Crippen LogP contribution in [0.25, 0.3) is 0 Å². The molecular weight excluding hydrogens is 182 g/mol. The van der Waals surface area contributed by atoms with Crippen LogP contribution in [0.5, 0.6) is 0 Å². The first-order chi connectivity index (χ1) is 6.74. The number of carboxylic acids is 1. The van der Waals surface area contributed by atoms with E-state index < -0.39 is 5.97 Å². The van der Waals surface area contributed by atoms with Crippen molar-refractivity contribution in [3.05, 3.63) is 22.5 Å². The number of hydrogen-bond acceptors (Lipinski definition) is 2. The van der Waals surface area contributed by atoms with Gasteiger partial charge in [0.25, 0.3) is 0 Å². The van der Waals surface area contributed by atoms with E-state index in [1.54, 1.807) is 0 Å². The Labute approximate surface area is 80.9 Å². The molecule has 4 nitrogen and oxygen atoms in total. The molecule has 0 unspecified atom stereocenters. The number of rotatable bonds is 2. The predicted octanol–water partition coefficient (Wildman–Crippen LogP) is 1.40. The van der Waals surface area contributed by atoms with Crippen molar-refractivity contribution in [2.75, 3.05) is 0 Å². The predicted molar refractivity (Wildman–Crippen MR) is 49.8 cm³/mol. The summed E-state index contributed by atoms with van der Waals surface area (Å²) in [5.74, 6) is -0.976. The van der Waals surface area contributed by atoms with Crippen molar-refractivity contribution in [3.63, 3.8) is 0 Å². The summed E-state index contributed by atoms with van der Waals surface area (Å²) in [5, 5.41) is 8.90. The molecule has 0 aliphatic heterocycles. The second-order valence-corrected chi connectivity index (χ2v) is 3.50. The van der Waals surface area contributed by atoms with Crippen molar-refractivity contribution in [2.45, 2.75) is 25.7 Å². The van der Waals surface area contributed by atoms with Gasteiger partial charge >= 0.3 is 5.97 Å². The lowest BCUT2D eigenvalue weighted by Crippen LogP contribution is -2.06. The Morgan fingerprint density at radius 1 is 1.29 bits per heavy atom. The molecule has 0 saturated carbocycles. The monoisotopic (exact) mass is 193 g/mol. The Morgan fingerprint density at radius 3 is 2.50 bits per heavy atom. The van der Waals surface area contributed by atoms with Crippen LogP contribution in [0.15, 0.2) is 0 Å². The number of nitrogens with one attached hydrogen (secondary N) is 1. The highest BCUT2D eigenvalue weighted by molar-refractivity contribution is 5.91. The summed E-state index contributed by atoms with van der Waals surface area (Å²) < 4.78 is 0. The summed E-state index contributed by atoms with van der Waals surface area (Å²) >= 11 is 0. The number of aromatic amines is 1. The molecule has 1 aromatic rings. The maximum absolute atomic E-state index is 10.9. The smallest absolute Gasteiger partial charge is 0.352 e. The number of aldehydes is 1. The van der Waals surface area contributed by atoms with Crippen LogP contribution in [0.1, 0.15) is 44.9 Å². The second-order valence-electron chi connectivity index (χ2n) is 3.50. The van der Waals surface area contributed by atoms with Crippen LogP contribution in [0.4, 0.5) is 0 Å². The summed E-state index contributed by atoms with van der Waals surface area (Å²) in [5.41, 5.74) is 2.37. The third-order valence-electron chi connectivity index (χ3n) is 2.69. The van der Waals surface area contributed by atoms with Gasteiger partial charge in [-0.3, -0.25) is 4.79 Å². The summed E-state index contributed by atoms with van der Waals surface area (Å²) in [6.07, 6.45) is 4.32. The zero-order valence-corrected chi connectivity index (χ0v) is 7.67. The van der Waals surface area contributed by atoms with E-state index in [-0.39, 0.29) is 5.69 Å². The highest BCUT2D eigenvalue weighted by Crippen LogP contribution is 2.26. The van der Waals surface area contributed by atoms with E-state index in [0.717, 1.165) is 36.8 Å². The highest BCUT2D eigenvalue weighted by Gasteiger charge is 2.23. The fourth-order valence-corrected chi connectivity index (χ4v) is 2.05. The standard InChI is InChI=1S/C10H11NO3/c12-5-8-6-3-1-2-4-7(6)9(11-8)10(13)14/h5,11H,1-4H2,(H,13,14). The third kappa shape index (κ3) is 1.23. The summed E-state index contributed by atoms with van der Waals surface area (Å²) in [6.45, 7) is 0. The number of carbonyl (C=O) groups excluding carboxylic acids is 1. The Hall–Kier alpha value is -1.58. The molecule has 1 aliphatic carbocycles. The van der Waals surface area contributed by atoms with Crippen LogP contribution in [-0.4, -0.2) is 22.3 Å². The molecule has 0 spiro atoms. The van der Waals surface area contributed by atoms with Gasteiger partial charge in [0.15, 0.2) is 6.29 Å². The largest absolute Gasteiger partial charge is 0.477 e. The van der Waals surface area contributed by atoms with Crippen LogP contribution < -0.4 is 0 Å². The van der Waals surface area contributed by atoms with E-state index >= 15 is 0 Å². The number of hydrogen-bond donors (Lipinski definition) is 2. The molecule has 14 heavy (non-hydrogen) atoms. The van der Waals surface area contributed by atoms with Crippen LogP contribution in [0, 0.1) is 0 Å². The lowest BCUT2D eigenvalue weighted by Gasteiger charge is -2.11. The minimum absolute atomic E-state index is 0.196. The minimum Gasteiger partial charge on any atom is -0.477 e. The Balaban J connectivity index is 2.57. The molecule has 2 rings (SSSR count). The molecule has 0 atom stereocenters. The molecule has 4 heteroatoms. The maximum atomic E-state index is 10.9. The first-order valence-electron chi connectivity index (χ1n) is 4.66.